The van der Waals surface area contributed by atoms with Crippen molar-refractivity contribution in [2.45, 2.75) is 17.7 Å². The molecular weight excluding hydrogens is 438 g/mol. The van der Waals surface area contributed by atoms with Crippen molar-refractivity contribution in [3.63, 3.8) is 0 Å². The standard InChI is InChI=1S/C24H23N5O3S/c1-29-16-18(13-27-29)10-23-25-14-20(15-26-23)19-8-6-17(7-9-19)11-24(30)28-21-4-3-5-22(12-21)33(2,31)32/h3-9,12-16H,10-11H2,1-2H3,(H,28,30). The summed E-state index contributed by atoms with van der Waals surface area (Å²) in [6.07, 6.45) is 9.24. The van der Waals surface area contributed by atoms with Crippen molar-refractivity contribution in [2.24, 2.45) is 7.05 Å². The summed E-state index contributed by atoms with van der Waals surface area (Å²) < 4.78 is 25.1. The lowest BCUT2D eigenvalue weighted by Gasteiger charge is -2.08. The highest BCUT2D eigenvalue weighted by atomic mass is 32.2. The molecular formula is C24H23N5O3S. The quantitative estimate of drug-likeness (QED) is 0.453. The molecule has 1 amide bonds. The van der Waals surface area contributed by atoms with Crippen LogP contribution in [0.1, 0.15) is 17.0 Å². The molecule has 0 spiro atoms. The molecule has 33 heavy (non-hydrogen) atoms. The van der Waals surface area contributed by atoms with Gasteiger partial charge in [-0.3, -0.25) is 9.48 Å². The normalized spacial score (nSPS) is 11.3. The highest BCUT2D eigenvalue weighted by Crippen LogP contribution is 2.20. The number of aryl methyl sites for hydroxylation is 1. The van der Waals surface area contributed by atoms with Crippen LogP contribution in [0.3, 0.4) is 0 Å². The number of rotatable bonds is 7. The third kappa shape index (κ3) is 5.89. The van der Waals surface area contributed by atoms with Crippen molar-refractivity contribution in [3.05, 3.63) is 90.3 Å². The molecule has 4 aromatic rings. The number of aromatic nitrogens is 4. The monoisotopic (exact) mass is 461 g/mol. The van der Waals surface area contributed by atoms with Crippen LogP contribution in [0.5, 0.6) is 0 Å². The van der Waals surface area contributed by atoms with E-state index in [-0.39, 0.29) is 17.2 Å². The largest absolute Gasteiger partial charge is 0.326 e. The molecule has 168 valence electrons. The molecule has 2 heterocycles. The number of carbonyl (C=O) groups excluding carboxylic acids is 1. The van der Waals surface area contributed by atoms with Crippen LogP contribution in [-0.4, -0.2) is 40.3 Å². The van der Waals surface area contributed by atoms with Gasteiger partial charge in [0.2, 0.25) is 5.91 Å². The molecule has 0 aliphatic carbocycles. The van der Waals surface area contributed by atoms with Gasteiger partial charge in [-0.1, -0.05) is 30.3 Å². The van der Waals surface area contributed by atoms with E-state index in [1.165, 1.54) is 12.1 Å². The lowest BCUT2D eigenvalue weighted by atomic mass is 10.0. The maximum Gasteiger partial charge on any atom is 0.228 e. The van der Waals surface area contributed by atoms with E-state index in [2.05, 4.69) is 20.4 Å². The van der Waals surface area contributed by atoms with Crippen molar-refractivity contribution < 1.29 is 13.2 Å². The van der Waals surface area contributed by atoms with Crippen molar-refractivity contribution >= 4 is 21.4 Å². The first-order valence-electron chi connectivity index (χ1n) is 10.2. The molecule has 1 N–H and O–H groups in total. The summed E-state index contributed by atoms with van der Waals surface area (Å²) in [6.45, 7) is 0. The number of carbonyl (C=O) groups is 1. The van der Waals surface area contributed by atoms with Crippen LogP contribution in [0.2, 0.25) is 0 Å². The van der Waals surface area contributed by atoms with E-state index in [0.29, 0.717) is 12.1 Å². The number of hydrogen-bond acceptors (Lipinski definition) is 6. The zero-order chi connectivity index (χ0) is 23.4. The third-order valence-corrected chi connectivity index (χ3v) is 6.13. The van der Waals surface area contributed by atoms with Crippen LogP contribution < -0.4 is 5.32 Å². The van der Waals surface area contributed by atoms with Gasteiger partial charge < -0.3 is 5.32 Å². The van der Waals surface area contributed by atoms with E-state index in [0.717, 1.165) is 34.3 Å². The zero-order valence-corrected chi connectivity index (χ0v) is 19.1. The van der Waals surface area contributed by atoms with Gasteiger partial charge in [0, 0.05) is 49.6 Å². The maximum atomic E-state index is 12.4. The van der Waals surface area contributed by atoms with E-state index >= 15 is 0 Å². The second kappa shape index (κ2) is 9.33. The van der Waals surface area contributed by atoms with Crippen LogP contribution in [0.4, 0.5) is 5.69 Å². The van der Waals surface area contributed by atoms with Gasteiger partial charge in [-0.15, -0.1) is 0 Å². The Bertz CT molecular complexity index is 1380. The average Bonchev–Trinajstić information content (AvgIpc) is 3.19. The Kier molecular flexibility index (Phi) is 6.32. The second-order valence-corrected chi connectivity index (χ2v) is 9.82. The first-order valence-corrected chi connectivity index (χ1v) is 12.1. The Labute approximate surface area is 192 Å². The Morgan fingerprint density at radius 3 is 2.33 bits per heavy atom. The number of hydrogen-bond donors (Lipinski definition) is 1. The van der Waals surface area contributed by atoms with Crippen molar-refractivity contribution in [1.82, 2.24) is 19.7 Å². The molecule has 0 aliphatic rings. The van der Waals surface area contributed by atoms with E-state index in [4.69, 9.17) is 0 Å². The minimum absolute atomic E-state index is 0.165. The number of sulfone groups is 1. The predicted octanol–water partition coefficient (Wildman–Crippen LogP) is 3.05. The van der Waals surface area contributed by atoms with E-state index < -0.39 is 9.84 Å². The van der Waals surface area contributed by atoms with Gasteiger partial charge in [-0.2, -0.15) is 5.10 Å². The second-order valence-electron chi connectivity index (χ2n) is 7.81. The summed E-state index contributed by atoms with van der Waals surface area (Å²) >= 11 is 0. The number of nitrogens with zero attached hydrogens (tertiary/aromatic N) is 4. The molecule has 0 saturated carbocycles. The molecule has 0 unspecified atom stereocenters. The number of amides is 1. The number of anilines is 1. The van der Waals surface area contributed by atoms with Gasteiger partial charge >= 0.3 is 0 Å². The molecule has 0 fully saturated rings. The highest BCUT2D eigenvalue weighted by molar-refractivity contribution is 7.90. The van der Waals surface area contributed by atoms with Crippen molar-refractivity contribution in [2.75, 3.05) is 11.6 Å². The Balaban J connectivity index is 1.37. The van der Waals surface area contributed by atoms with Gasteiger partial charge in [-0.25, -0.2) is 18.4 Å². The predicted molar refractivity (Wildman–Crippen MR) is 125 cm³/mol. The van der Waals surface area contributed by atoms with Crippen LogP contribution in [0, 0.1) is 0 Å². The minimum atomic E-state index is -3.33. The molecule has 4 rings (SSSR count). The van der Waals surface area contributed by atoms with E-state index in [1.54, 1.807) is 35.4 Å². The molecule has 2 aromatic heterocycles. The van der Waals surface area contributed by atoms with Gasteiger partial charge in [0.25, 0.3) is 0 Å². The fourth-order valence-electron chi connectivity index (χ4n) is 3.35. The smallest absolute Gasteiger partial charge is 0.228 e. The molecule has 0 aliphatic heterocycles. The summed E-state index contributed by atoms with van der Waals surface area (Å²) in [4.78, 5) is 21.5. The lowest BCUT2D eigenvalue weighted by molar-refractivity contribution is -0.115. The van der Waals surface area contributed by atoms with Gasteiger partial charge in [0.05, 0.1) is 17.5 Å². The molecule has 0 bridgehead atoms. The van der Waals surface area contributed by atoms with Crippen LogP contribution >= 0.6 is 0 Å². The van der Waals surface area contributed by atoms with E-state index in [1.807, 2.05) is 37.5 Å². The summed E-state index contributed by atoms with van der Waals surface area (Å²) in [5, 5.41) is 6.90. The van der Waals surface area contributed by atoms with Crippen molar-refractivity contribution in [3.8, 4) is 11.1 Å². The molecule has 8 nitrogen and oxygen atoms in total. The first kappa shape index (κ1) is 22.3. The average molecular weight is 462 g/mol. The van der Waals surface area contributed by atoms with Gasteiger partial charge in [0.15, 0.2) is 9.84 Å². The number of benzene rings is 2. The fourth-order valence-corrected chi connectivity index (χ4v) is 4.02. The third-order valence-electron chi connectivity index (χ3n) is 5.02. The summed E-state index contributed by atoms with van der Waals surface area (Å²) in [6, 6.07) is 13.8. The minimum Gasteiger partial charge on any atom is -0.326 e. The summed E-state index contributed by atoms with van der Waals surface area (Å²) in [5.41, 5.74) is 4.18. The zero-order valence-electron chi connectivity index (χ0n) is 18.3. The van der Waals surface area contributed by atoms with Gasteiger partial charge in [0.1, 0.15) is 5.82 Å². The van der Waals surface area contributed by atoms with Crippen LogP contribution in [0.15, 0.2) is 78.2 Å². The van der Waals surface area contributed by atoms with Gasteiger partial charge in [-0.05, 0) is 34.9 Å². The highest BCUT2D eigenvalue weighted by Gasteiger charge is 2.10. The molecule has 9 heteroatoms. The molecule has 0 radical (unpaired) electrons. The maximum absolute atomic E-state index is 12.4. The number of nitrogens with one attached hydrogen (secondary N) is 1. The van der Waals surface area contributed by atoms with Crippen molar-refractivity contribution in [1.29, 1.82) is 0 Å². The summed E-state index contributed by atoms with van der Waals surface area (Å²) in [7, 11) is -1.46. The molecule has 2 aromatic carbocycles. The van der Waals surface area contributed by atoms with Crippen LogP contribution in [-0.2, 0) is 34.5 Å². The Hall–Kier alpha value is -3.85. The Morgan fingerprint density at radius 2 is 1.70 bits per heavy atom. The fraction of sp³-hybridized carbons (Fsp3) is 0.167. The molecule has 0 atom stereocenters. The van der Waals surface area contributed by atoms with E-state index in [9.17, 15) is 13.2 Å². The topological polar surface area (TPSA) is 107 Å². The lowest BCUT2D eigenvalue weighted by Crippen LogP contribution is -2.14. The molecule has 0 saturated heterocycles. The van der Waals surface area contributed by atoms with Crippen LogP contribution in [0.25, 0.3) is 11.1 Å². The first-order chi connectivity index (χ1) is 15.8. The Morgan fingerprint density at radius 1 is 0.970 bits per heavy atom. The summed E-state index contributed by atoms with van der Waals surface area (Å²) in [5.74, 6) is 0.497. The SMILES string of the molecule is Cn1cc(Cc2ncc(-c3ccc(CC(=O)Nc4cccc(S(C)(=O)=O)c4)cc3)cn2)cn1.